The maximum Gasteiger partial charge on any atom is 0.349 e. The van der Waals surface area contributed by atoms with Crippen LogP contribution in [0.15, 0.2) is 36.4 Å². The molecule has 1 N–H and O–H groups in total. The molecule has 0 aliphatic rings. The van der Waals surface area contributed by atoms with E-state index in [2.05, 4.69) is 5.32 Å². The van der Waals surface area contributed by atoms with E-state index in [1.54, 1.807) is 30.3 Å². The topological polar surface area (TPSA) is 55.4 Å². The lowest BCUT2D eigenvalue weighted by atomic mass is 10.3. The number of hydrogen-bond acceptors (Lipinski definition) is 4. The molecule has 1 aromatic carbocycles. The molecule has 4 nitrogen and oxygen atoms in total. The van der Waals surface area contributed by atoms with Crippen molar-refractivity contribution in [2.75, 3.05) is 5.32 Å². The number of hydrogen-bond donors (Lipinski definition) is 1. The van der Waals surface area contributed by atoms with Crippen LogP contribution in [0.4, 0.5) is 5.69 Å². The fourth-order valence-electron chi connectivity index (χ4n) is 1.63. The first-order valence-electron chi connectivity index (χ1n) is 6.29. The molecule has 2 rings (SSSR count). The van der Waals surface area contributed by atoms with Crippen molar-refractivity contribution in [2.24, 2.45) is 0 Å². The molecule has 2 aromatic rings. The van der Waals surface area contributed by atoms with E-state index in [1.165, 1.54) is 18.3 Å². The Morgan fingerprint density at radius 1 is 1.29 bits per heavy atom. The van der Waals surface area contributed by atoms with Crippen LogP contribution in [0.1, 0.15) is 21.5 Å². The van der Waals surface area contributed by atoms with Gasteiger partial charge in [0.2, 0.25) is 0 Å². The van der Waals surface area contributed by atoms with E-state index >= 15 is 0 Å². The average molecular weight is 324 g/mol. The van der Waals surface area contributed by atoms with Crippen molar-refractivity contribution in [1.29, 1.82) is 0 Å². The zero-order valence-corrected chi connectivity index (χ0v) is 13.1. The summed E-state index contributed by atoms with van der Waals surface area (Å²) in [5.74, 6) is -0.902. The Morgan fingerprint density at radius 3 is 2.67 bits per heavy atom. The van der Waals surface area contributed by atoms with Crippen molar-refractivity contribution < 1.29 is 14.3 Å². The Labute approximate surface area is 131 Å². The highest BCUT2D eigenvalue weighted by atomic mass is 35.5. The monoisotopic (exact) mass is 323 g/mol. The Hall–Kier alpha value is -1.85. The second kappa shape index (κ2) is 6.74. The Morgan fingerprint density at radius 2 is 2.05 bits per heavy atom. The molecule has 0 saturated heterocycles. The third-order valence-corrected chi connectivity index (χ3v) is 3.90. The molecule has 0 bridgehead atoms. The predicted octanol–water partition coefficient (Wildman–Crippen LogP) is 3.89. The zero-order chi connectivity index (χ0) is 15.4. The van der Waals surface area contributed by atoms with Gasteiger partial charge in [-0.25, -0.2) is 4.79 Å². The van der Waals surface area contributed by atoms with Crippen LogP contribution in [0, 0.1) is 6.92 Å². The SMILES string of the molecule is Cc1ccc(C(=O)O[C@@H](C)C(=O)Nc2cccc(Cl)c2)s1. The van der Waals surface area contributed by atoms with Crippen LogP contribution in [0.25, 0.3) is 0 Å². The van der Waals surface area contributed by atoms with Gasteiger partial charge in [0.15, 0.2) is 6.10 Å². The van der Waals surface area contributed by atoms with Crippen LogP contribution >= 0.6 is 22.9 Å². The number of carbonyl (C=O) groups is 2. The number of nitrogens with one attached hydrogen (secondary N) is 1. The maximum absolute atomic E-state index is 12.0. The first-order valence-corrected chi connectivity index (χ1v) is 7.49. The number of halogens is 1. The molecule has 1 heterocycles. The van der Waals surface area contributed by atoms with Gasteiger partial charge < -0.3 is 10.1 Å². The third kappa shape index (κ3) is 4.31. The van der Waals surface area contributed by atoms with E-state index in [9.17, 15) is 9.59 Å². The Bertz CT molecular complexity index is 668. The molecule has 6 heteroatoms. The second-order valence-electron chi connectivity index (χ2n) is 4.46. The summed E-state index contributed by atoms with van der Waals surface area (Å²) in [6, 6.07) is 10.3. The first kappa shape index (κ1) is 15.5. The average Bonchev–Trinajstić information content (AvgIpc) is 2.85. The van der Waals surface area contributed by atoms with Gasteiger partial charge in [-0.3, -0.25) is 4.79 Å². The number of esters is 1. The fourth-order valence-corrected chi connectivity index (χ4v) is 2.57. The van der Waals surface area contributed by atoms with E-state index in [0.29, 0.717) is 15.6 Å². The number of benzene rings is 1. The van der Waals surface area contributed by atoms with E-state index < -0.39 is 18.0 Å². The molecular weight excluding hydrogens is 310 g/mol. The summed E-state index contributed by atoms with van der Waals surface area (Å²) >= 11 is 7.17. The zero-order valence-electron chi connectivity index (χ0n) is 11.6. The van der Waals surface area contributed by atoms with Gasteiger partial charge in [-0.1, -0.05) is 17.7 Å². The number of aryl methyl sites for hydroxylation is 1. The minimum absolute atomic E-state index is 0.404. The van der Waals surface area contributed by atoms with E-state index in [0.717, 1.165) is 4.88 Å². The summed E-state index contributed by atoms with van der Waals surface area (Å²) < 4.78 is 5.14. The van der Waals surface area contributed by atoms with E-state index in [4.69, 9.17) is 16.3 Å². The molecule has 0 aliphatic carbocycles. The van der Waals surface area contributed by atoms with Crippen LogP contribution in [0.5, 0.6) is 0 Å². The minimum Gasteiger partial charge on any atom is -0.448 e. The lowest BCUT2D eigenvalue weighted by Gasteiger charge is -2.13. The van der Waals surface area contributed by atoms with Gasteiger partial charge in [0.05, 0.1) is 0 Å². The number of thiophene rings is 1. The molecule has 1 aromatic heterocycles. The van der Waals surface area contributed by atoms with Gasteiger partial charge in [0, 0.05) is 15.6 Å². The lowest BCUT2D eigenvalue weighted by Crippen LogP contribution is -2.29. The normalized spacial score (nSPS) is 11.8. The quantitative estimate of drug-likeness (QED) is 0.868. The van der Waals surface area contributed by atoms with E-state index in [-0.39, 0.29) is 0 Å². The van der Waals surface area contributed by atoms with Crippen molar-refractivity contribution >= 4 is 40.5 Å². The van der Waals surface area contributed by atoms with Crippen molar-refractivity contribution in [3.8, 4) is 0 Å². The van der Waals surface area contributed by atoms with Gasteiger partial charge in [-0.05, 0) is 44.2 Å². The molecule has 0 fully saturated rings. The summed E-state index contributed by atoms with van der Waals surface area (Å²) in [6.45, 7) is 3.43. The van der Waals surface area contributed by atoms with Gasteiger partial charge in [-0.2, -0.15) is 0 Å². The van der Waals surface area contributed by atoms with Gasteiger partial charge in [0.1, 0.15) is 4.88 Å². The van der Waals surface area contributed by atoms with Crippen LogP contribution in [0.2, 0.25) is 5.02 Å². The molecular formula is C15H14ClNO3S. The van der Waals surface area contributed by atoms with Gasteiger partial charge in [-0.15, -0.1) is 11.3 Å². The smallest absolute Gasteiger partial charge is 0.349 e. The molecule has 21 heavy (non-hydrogen) atoms. The molecule has 0 radical (unpaired) electrons. The van der Waals surface area contributed by atoms with Gasteiger partial charge in [0.25, 0.3) is 5.91 Å². The summed E-state index contributed by atoms with van der Waals surface area (Å²) in [5.41, 5.74) is 0.558. The Balaban J connectivity index is 1.95. The maximum atomic E-state index is 12.0. The van der Waals surface area contributed by atoms with Crippen LogP contribution in [0.3, 0.4) is 0 Å². The minimum atomic E-state index is -0.890. The molecule has 0 spiro atoms. The number of amides is 1. The van der Waals surface area contributed by atoms with Crippen molar-refractivity contribution in [3.63, 3.8) is 0 Å². The lowest BCUT2D eigenvalue weighted by molar-refractivity contribution is -0.123. The molecule has 110 valence electrons. The molecule has 1 amide bonds. The van der Waals surface area contributed by atoms with Crippen molar-refractivity contribution in [3.05, 3.63) is 51.2 Å². The second-order valence-corrected chi connectivity index (χ2v) is 6.18. The van der Waals surface area contributed by atoms with E-state index in [1.807, 2.05) is 13.0 Å². The summed E-state index contributed by atoms with van der Waals surface area (Å²) in [4.78, 5) is 25.3. The highest BCUT2D eigenvalue weighted by Gasteiger charge is 2.20. The standard InChI is InChI=1S/C15H14ClNO3S/c1-9-6-7-13(21-9)15(19)20-10(2)14(18)17-12-5-3-4-11(16)8-12/h3-8,10H,1-2H3,(H,17,18)/t10-/m0/s1. The number of carbonyl (C=O) groups excluding carboxylic acids is 2. The molecule has 0 unspecified atom stereocenters. The molecule has 1 atom stereocenters. The summed E-state index contributed by atoms with van der Waals surface area (Å²) in [7, 11) is 0. The predicted molar refractivity (Wildman–Crippen MR) is 84.0 cm³/mol. The Kier molecular flexibility index (Phi) is 4.98. The molecule has 0 saturated carbocycles. The largest absolute Gasteiger partial charge is 0.448 e. The highest BCUT2D eigenvalue weighted by molar-refractivity contribution is 7.13. The third-order valence-electron chi connectivity index (χ3n) is 2.69. The highest BCUT2D eigenvalue weighted by Crippen LogP contribution is 2.18. The van der Waals surface area contributed by atoms with Crippen LogP contribution in [-0.2, 0) is 9.53 Å². The molecule has 0 aliphatic heterocycles. The number of anilines is 1. The van der Waals surface area contributed by atoms with Crippen LogP contribution in [-0.4, -0.2) is 18.0 Å². The fraction of sp³-hybridized carbons (Fsp3) is 0.200. The first-order chi connectivity index (χ1) is 9.95. The van der Waals surface area contributed by atoms with Gasteiger partial charge >= 0.3 is 5.97 Å². The summed E-state index contributed by atoms with van der Waals surface area (Å²) in [5, 5.41) is 3.17. The van der Waals surface area contributed by atoms with Crippen LogP contribution < -0.4 is 5.32 Å². The number of ether oxygens (including phenoxy) is 1. The van der Waals surface area contributed by atoms with Crippen molar-refractivity contribution in [1.82, 2.24) is 0 Å². The summed E-state index contributed by atoms with van der Waals surface area (Å²) in [6.07, 6.45) is -0.890. The number of rotatable bonds is 4. The van der Waals surface area contributed by atoms with Crippen molar-refractivity contribution in [2.45, 2.75) is 20.0 Å².